The molecule has 1 atom stereocenters. The van der Waals surface area contributed by atoms with Gasteiger partial charge in [0.1, 0.15) is 0 Å². The van der Waals surface area contributed by atoms with Crippen molar-refractivity contribution in [3.05, 3.63) is 29.8 Å². The summed E-state index contributed by atoms with van der Waals surface area (Å²) in [4.78, 5) is 12.0. The summed E-state index contributed by atoms with van der Waals surface area (Å²) in [6.07, 6.45) is 5.56. The standard InChI is InChI=1S/C19H27NO2/c1-4-6-7-8-9-10-11-18(19(21)22-5-2)20-17-14-12-16(3)13-15-17/h12-15,18,20H,4-9H2,1-3H3. The molecule has 3 nitrogen and oxygen atoms in total. The molecular weight excluding hydrogens is 274 g/mol. The third-order valence-corrected chi connectivity index (χ3v) is 3.29. The van der Waals surface area contributed by atoms with Crippen molar-refractivity contribution >= 4 is 11.7 Å². The molecule has 22 heavy (non-hydrogen) atoms. The van der Waals surface area contributed by atoms with Crippen LogP contribution in [0.15, 0.2) is 24.3 Å². The number of aryl methyl sites for hydroxylation is 1. The Labute approximate surface area is 134 Å². The van der Waals surface area contributed by atoms with Crippen LogP contribution in [0.1, 0.15) is 51.5 Å². The van der Waals surface area contributed by atoms with Gasteiger partial charge in [-0.05, 0) is 32.4 Å². The Hall–Kier alpha value is -1.95. The Morgan fingerprint density at radius 1 is 1.18 bits per heavy atom. The third-order valence-electron chi connectivity index (χ3n) is 3.29. The van der Waals surface area contributed by atoms with Crippen LogP contribution in [0.25, 0.3) is 0 Å². The fraction of sp³-hybridized carbons (Fsp3) is 0.526. The number of nitrogens with one attached hydrogen (secondary N) is 1. The van der Waals surface area contributed by atoms with Crippen molar-refractivity contribution in [2.45, 2.75) is 58.9 Å². The zero-order valence-electron chi connectivity index (χ0n) is 13.9. The highest BCUT2D eigenvalue weighted by atomic mass is 16.5. The molecule has 0 bridgehead atoms. The van der Waals surface area contributed by atoms with Crippen LogP contribution in [-0.2, 0) is 9.53 Å². The minimum Gasteiger partial charge on any atom is -0.464 e. The van der Waals surface area contributed by atoms with Gasteiger partial charge >= 0.3 is 5.97 Å². The number of carbonyl (C=O) groups excluding carboxylic acids is 1. The number of benzene rings is 1. The summed E-state index contributed by atoms with van der Waals surface area (Å²) in [5.41, 5.74) is 2.06. The summed E-state index contributed by atoms with van der Waals surface area (Å²) in [7, 11) is 0. The minimum atomic E-state index is -0.603. The number of anilines is 1. The first-order chi connectivity index (χ1) is 10.7. The molecule has 0 saturated heterocycles. The van der Waals surface area contributed by atoms with Crippen LogP contribution < -0.4 is 5.32 Å². The van der Waals surface area contributed by atoms with Gasteiger partial charge in [-0.2, -0.15) is 0 Å². The molecule has 0 spiro atoms. The zero-order valence-corrected chi connectivity index (χ0v) is 13.9. The van der Waals surface area contributed by atoms with E-state index in [-0.39, 0.29) is 5.97 Å². The van der Waals surface area contributed by atoms with E-state index in [9.17, 15) is 4.79 Å². The van der Waals surface area contributed by atoms with E-state index in [4.69, 9.17) is 4.74 Å². The second kappa shape index (κ2) is 10.7. The lowest BCUT2D eigenvalue weighted by molar-refractivity contribution is -0.142. The maximum atomic E-state index is 12.0. The number of esters is 1. The average molecular weight is 301 g/mol. The van der Waals surface area contributed by atoms with Gasteiger partial charge in [-0.1, -0.05) is 49.8 Å². The Morgan fingerprint density at radius 2 is 1.91 bits per heavy atom. The van der Waals surface area contributed by atoms with E-state index in [1.54, 1.807) is 6.92 Å². The minimum absolute atomic E-state index is 0.316. The zero-order chi connectivity index (χ0) is 16.2. The molecular formula is C19H27NO2. The quantitative estimate of drug-likeness (QED) is 0.442. The van der Waals surface area contributed by atoms with Gasteiger partial charge in [-0.25, -0.2) is 4.79 Å². The van der Waals surface area contributed by atoms with Gasteiger partial charge in [0, 0.05) is 12.1 Å². The van der Waals surface area contributed by atoms with Gasteiger partial charge in [0.05, 0.1) is 6.61 Å². The fourth-order valence-corrected chi connectivity index (χ4v) is 2.01. The molecule has 0 radical (unpaired) electrons. The second-order valence-electron chi connectivity index (χ2n) is 5.33. The predicted molar refractivity (Wildman–Crippen MR) is 91.8 cm³/mol. The maximum Gasteiger partial charge on any atom is 0.341 e. The average Bonchev–Trinajstić information content (AvgIpc) is 2.51. The lowest BCUT2D eigenvalue weighted by atomic mass is 10.1. The van der Waals surface area contributed by atoms with Gasteiger partial charge in [0.25, 0.3) is 0 Å². The van der Waals surface area contributed by atoms with Crippen molar-refractivity contribution in [2.24, 2.45) is 0 Å². The highest BCUT2D eigenvalue weighted by molar-refractivity contribution is 5.83. The van der Waals surface area contributed by atoms with E-state index in [1.165, 1.54) is 24.8 Å². The van der Waals surface area contributed by atoms with E-state index < -0.39 is 6.04 Å². The number of ether oxygens (including phenoxy) is 1. The van der Waals surface area contributed by atoms with E-state index in [2.05, 4.69) is 24.1 Å². The van der Waals surface area contributed by atoms with Gasteiger partial charge in [-0.15, -0.1) is 5.92 Å². The highest BCUT2D eigenvalue weighted by Crippen LogP contribution is 2.10. The van der Waals surface area contributed by atoms with Crippen LogP contribution in [-0.4, -0.2) is 18.6 Å². The van der Waals surface area contributed by atoms with Crippen molar-refractivity contribution in [2.75, 3.05) is 11.9 Å². The van der Waals surface area contributed by atoms with Gasteiger partial charge in [-0.3, -0.25) is 0 Å². The molecule has 1 unspecified atom stereocenters. The molecule has 1 aromatic carbocycles. The van der Waals surface area contributed by atoms with E-state index in [0.717, 1.165) is 18.5 Å². The van der Waals surface area contributed by atoms with Crippen LogP contribution >= 0.6 is 0 Å². The lowest BCUT2D eigenvalue weighted by Gasteiger charge is -2.13. The summed E-state index contributed by atoms with van der Waals surface area (Å²) in [5, 5.41) is 3.14. The second-order valence-corrected chi connectivity index (χ2v) is 5.33. The van der Waals surface area contributed by atoms with Crippen molar-refractivity contribution in [1.82, 2.24) is 0 Å². The van der Waals surface area contributed by atoms with Crippen molar-refractivity contribution in [1.29, 1.82) is 0 Å². The van der Waals surface area contributed by atoms with Crippen LogP contribution in [0, 0.1) is 18.8 Å². The first kappa shape index (κ1) is 18.1. The first-order valence-electron chi connectivity index (χ1n) is 8.15. The van der Waals surface area contributed by atoms with Crippen LogP contribution in [0.4, 0.5) is 5.69 Å². The van der Waals surface area contributed by atoms with Crippen molar-refractivity contribution in [3.63, 3.8) is 0 Å². The monoisotopic (exact) mass is 301 g/mol. The molecule has 1 N–H and O–H groups in total. The molecule has 0 aromatic heterocycles. The Morgan fingerprint density at radius 3 is 2.55 bits per heavy atom. The number of hydrogen-bond donors (Lipinski definition) is 1. The van der Waals surface area contributed by atoms with Crippen molar-refractivity contribution < 1.29 is 9.53 Å². The van der Waals surface area contributed by atoms with Crippen molar-refractivity contribution in [3.8, 4) is 11.8 Å². The first-order valence-corrected chi connectivity index (χ1v) is 8.15. The van der Waals surface area contributed by atoms with Gasteiger partial charge in [0.2, 0.25) is 0 Å². The van der Waals surface area contributed by atoms with Crippen LogP contribution in [0.2, 0.25) is 0 Å². The Balaban J connectivity index is 2.61. The van der Waals surface area contributed by atoms with E-state index in [0.29, 0.717) is 6.61 Å². The SMILES string of the molecule is CCCCCCC#CC(Nc1ccc(C)cc1)C(=O)OCC. The summed E-state index contributed by atoms with van der Waals surface area (Å²) < 4.78 is 5.09. The van der Waals surface area contributed by atoms with Crippen LogP contribution in [0.3, 0.4) is 0 Å². The summed E-state index contributed by atoms with van der Waals surface area (Å²) in [6, 6.07) is 7.30. The maximum absolute atomic E-state index is 12.0. The molecule has 0 aliphatic rings. The number of carbonyl (C=O) groups is 1. The summed E-state index contributed by atoms with van der Waals surface area (Å²) in [6.45, 7) is 6.39. The lowest BCUT2D eigenvalue weighted by Crippen LogP contribution is -2.30. The fourth-order valence-electron chi connectivity index (χ4n) is 2.01. The largest absolute Gasteiger partial charge is 0.464 e. The molecule has 0 heterocycles. The normalized spacial score (nSPS) is 11.2. The smallest absolute Gasteiger partial charge is 0.341 e. The third kappa shape index (κ3) is 7.17. The number of rotatable bonds is 8. The molecule has 0 aliphatic carbocycles. The summed E-state index contributed by atoms with van der Waals surface area (Å²) in [5.74, 6) is 5.80. The molecule has 0 aliphatic heterocycles. The van der Waals surface area contributed by atoms with Gasteiger partial charge < -0.3 is 10.1 Å². The summed E-state index contributed by atoms with van der Waals surface area (Å²) >= 11 is 0. The number of unbranched alkanes of at least 4 members (excludes halogenated alkanes) is 4. The van der Waals surface area contributed by atoms with Crippen LogP contribution in [0.5, 0.6) is 0 Å². The Kier molecular flexibility index (Phi) is 8.83. The molecule has 120 valence electrons. The number of hydrogen-bond acceptors (Lipinski definition) is 3. The van der Waals surface area contributed by atoms with Gasteiger partial charge in [0.15, 0.2) is 6.04 Å². The van der Waals surface area contributed by atoms with E-state index in [1.807, 2.05) is 31.2 Å². The Bertz CT molecular complexity index is 496. The molecule has 3 heteroatoms. The van der Waals surface area contributed by atoms with E-state index >= 15 is 0 Å². The molecule has 0 fully saturated rings. The molecule has 1 aromatic rings. The highest BCUT2D eigenvalue weighted by Gasteiger charge is 2.16. The topological polar surface area (TPSA) is 38.3 Å². The molecule has 0 saturated carbocycles. The predicted octanol–water partition coefficient (Wildman–Crippen LogP) is 4.31. The molecule has 1 rings (SSSR count). The molecule has 0 amide bonds.